The summed E-state index contributed by atoms with van der Waals surface area (Å²) in [4.78, 5) is 35.2. The van der Waals surface area contributed by atoms with Gasteiger partial charge < -0.3 is 20.4 Å². The van der Waals surface area contributed by atoms with E-state index in [2.05, 4.69) is 20.0 Å². The van der Waals surface area contributed by atoms with Crippen molar-refractivity contribution in [1.82, 2.24) is 19.2 Å². The zero-order valence-corrected chi connectivity index (χ0v) is 26.8. The number of H-pyrrole nitrogens is 1. The Morgan fingerprint density at radius 2 is 1.64 bits per heavy atom. The lowest BCUT2D eigenvalue weighted by molar-refractivity contribution is 0.0720. The Morgan fingerprint density at radius 3 is 2.20 bits per heavy atom. The third kappa shape index (κ3) is 7.70. The molecule has 44 heavy (non-hydrogen) atoms. The normalized spacial score (nSPS) is 19.0. The van der Waals surface area contributed by atoms with E-state index in [1.807, 2.05) is 17.0 Å². The van der Waals surface area contributed by atoms with Crippen molar-refractivity contribution in [3.8, 4) is 11.3 Å². The van der Waals surface area contributed by atoms with Crippen LogP contribution in [0.1, 0.15) is 47.1 Å². The minimum Gasteiger partial charge on any atom is -0.453 e. The second-order valence-electron chi connectivity index (χ2n) is 10.8. The standard InChI is InChI=1S/C29H35N7O5S.2ClH/c1-41-29(38)33-23-9-7-19(8-10-23)24-16-32-27(34-24)25-15-22(18-11-13-35(14-12-18)42(2,39)40)17-36(25)28(37)21-5-3-20(4-6-21)26(30)31;;/h3-10,16,18,22,25H,11-15,17H2,1-2H3,(H3,30,31)(H,32,34)(H,33,38);2*1H/t22-,25-;;/m0../s1. The van der Waals surface area contributed by atoms with E-state index in [-0.39, 0.29) is 54.4 Å². The quantitative estimate of drug-likeness (QED) is 0.215. The summed E-state index contributed by atoms with van der Waals surface area (Å²) in [7, 11) is -1.92. The number of imidazole rings is 1. The molecule has 238 valence electrons. The van der Waals surface area contributed by atoms with Gasteiger partial charge in [-0.2, -0.15) is 0 Å². The Bertz CT molecular complexity index is 1570. The maximum atomic E-state index is 13.8. The summed E-state index contributed by atoms with van der Waals surface area (Å²) in [5.41, 5.74) is 8.87. The third-order valence-electron chi connectivity index (χ3n) is 8.21. The molecule has 2 aliphatic heterocycles. The van der Waals surface area contributed by atoms with Crippen LogP contribution in [0.5, 0.6) is 0 Å². The van der Waals surface area contributed by atoms with Gasteiger partial charge in [0, 0.05) is 36.4 Å². The van der Waals surface area contributed by atoms with Crippen molar-refractivity contribution in [3.05, 3.63) is 71.7 Å². The van der Waals surface area contributed by atoms with Crippen LogP contribution in [-0.2, 0) is 14.8 Å². The van der Waals surface area contributed by atoms with Crippen LogP contribution in [0.25, 0.3) is 11.3 Å². The molecule has 0 saturated carbocycles. The van der Waals surface area contributed by atoms with E-state index in [4.69, 9.17) is 11.1 Å². The van der Waals surface area contributed by atoms with E-state index in [0.29, 0.717) is 48.7 Å². The van der Waals surface area contributed by atoms with Crippen molar-refractivity contribution in [2.24, 2.45) is 17.6 Å². The molecule has 2 amide bonds. The number of piperidine rings is 1. The van der Waals surface area contributed by atoms with Gasteiger partial charge in [0.25, 0.3) is 5.91 Å². The van der Waals surface area contributed by atoms with Crippen molar-refractivity contribution in [2.75, 3.05) is 38.3 Å². The van der Waals surface area contributed by atoms with Gasteiger partial charge in [-0.25, -0.2) is 22.5 Å². The summed E-state index contributed by atoms with van der Waals surface area (Å²) in [6.45, 7) is 1.50. The number of aromatic amines is 1. The highest BCUT2D eigenvalue weighted by atomic mass is 35.5. The Hall–Kier alpha value is -3.65. The molecule has 5 rings (SSSR count). The van der Waals surface area contributed by atoms with Crippen molar-refractivity contribution in [3.63, 3.8) is 0 Å². The number of methoxy groups -OCH3 is 1. The second kappa shape index (κ2) is 14.4. The number of halogens is 2. The molecule has 1 aromatic heterocycles. The Morgan fingerprint density at radius 1 is 1.02 bits per heavy atom. The number of amides is 2. The zero-order valence-electron chi connectivity index (χ0n) is 24.4. The number of sulfonamides is 1. The number of benzene rings is 2. The van der Waals surface area contributed by atoms with E-state index >= 15 is 0 Å². The molecule has 0 radical (unpaired) electrons. The fourth-order valence-electron chi connectivity index (χ4n) is 5.89. The van der Waals surface area contributed by atoms with Crippen molar-refractivity contribution >= 4 is 58.4 Å². The van der Waals surface area contributed by atoms with E-state index in [1.165, 1.54) is 17.7 Å². The fourth-order valence-corrected chi connectivity index (χ4v) is 6.76. The van der Waals surface area contributed by atoms with Crippen LogP contribution in [0, 0.1) is 17.2 Å². The van der Waals surface area contributed by atoms with Crippen LogP contribution in [-0.4, -0.2) is 78.4 Å². The van der Waals surface area contributed by atoms with E-state index < -0.39 is 16.1 Å². The lowest BCUT2D eigenvalue weighted by Crippen LogP contribution is -2.40. The Balaban J connectivity index is 0.00000264. The van der Waals surface area contributed by atoms with Crippen LogP contribution >= 0.6 is 24.8 Å². The molecule has 0 bridgehead atoms. The molecular weight excluding hydrogens is 629 g/mol. The number of amidine groups is 1. The molecule has 5 N–H and O–H groups in total. The lowest BCUT2D eigenvalue weighted by atomic mass is 9.83. The van der Waals surface area contributed by atoms with Crippen molar-refractivity contribution in [1.29, 1.82) is 5.41 Å². The van der Waals surface area contributed by atoms with Crippen LogP contribution in [0.3, 0.4) is 0 Å². The predicted molar refractivity (Wildman–Crippen MR) is 173 cm³/mol. The number of aromatic nitrogens is 2. The van der Waals surface area contributed by atoms with Crippen LogP contribution in [0.4, 0.5) is 10.5 Å². The summed E-state index contributed by atoms with van der Waals surface area (Å²) < 4.78 is 30.2. The topological polar surface area (TPSA) is 175 Å². The molecule has 3 aromatic rings. The van der Waals surface area contributed by atoms with Gasteiger partial charge in [0.05, 0.1) is 31.3 Å². The van der Waals surface area contributed by atoms with Gasteiger partial charge >= 0.3 is 6.09 Å². The third-order valence-corrected chi connectivity index (χ3v) is 9.51. The number of hydrogen-bond acceptors (Lipinski definition) is 7. The average Bonchev–Trinajstić information content (AvgIpc) is 3.65. The van der Waals surface area contributed by atoms with Gasteiger partial charge in [-0.05, 0) is 60.9 Å². The van der Waals surface area contributed by atoms with E-state index in [9.17, 15) is 18.0 Å². The van der Waals surface area contributed by atoms with E-state index in [0.717, 1.165) is 24.1 Å². The van der Waals surface area contributed by atoms with Crippen molar-refractivity contribution < 1.29 is 22.7 Å². The molecular formula is C29H37Cl2N7O5S. The maximum absolute atomic E-state index is 13.8. The lowest BCUT2D eigenvalue weighted by Gasteiger charge is -2.33. The first kappa shape index (κ1) is 34.8. The number of carbonyl (C=O) groups excluding carboxylic acids is 2. The van der Waals surface area contributed by atoms with Gasteiger partial charge in [0.15, 0.2) is 0 Å². The first-order chi connectivity index (χ1) is 20.0. The highest BCUT2D eigenvalue weighted by Crippen LogP contribution is 2.42. The number of nitrogens with two attached hydrogens (primary N) is 1. The molecule has 0 unspecified atom stereocenters. The number of anilines is 1. The van der Waals surface area contributed by atoms with Crippen LogP contribution in [0.2, 0.25) is 0 Å². The smallest absolute Gasteiger partial charge is 0.411 e. The van der Waals surface area contributed by atoms with Crippen LogP contribution < -0.4 is 11.1 Å². The first-order valence-corrected chi connectivity index (χ1v) is 15.6. The summed E-state index contributed by atoms with van der Waals surface area (Å²) >= 11 is 0. The summed E-state index contributed by atoms with van der Waals surface area (Å²) in [6, 6.07) is 13.7. The molecule has 3 heterocycles. The molecule has 12 nitrogen and oxygen atoms in total. The van der Waals surface area contributed by atoms with Gasteiger partial charge in [0.2, 0.25) is 10.0 Å². The minimum absolute atomic E-state index is 0. The molecule has 2 aromatic carbocycles. The summed E-state index contributed by atoms with van der Waals surface area (Å²) in [5, 5.41) is 10.3. The van der Waals surface area contributed by atoms with Gasteiger partial charge in [-0.3, -0.25) is 15.5 Å². The molecule has 0 spiro atoms. The molecule has 2 atom stereocenters. The molecule has 2 fully saturated rings. The average molecular weight is 667 g/mol. The highest BCUT2D eigenvalue weighted by Gasteiger charge is 2.42. The zero-order chi connectivity index (χ0) is 30.0. The monoisotopic (exact) mass is 665 g/mol. The number of likely N-dealkylation sites (tertiary alicyclic amines) is 1. The van der Waals surface area contributed by atoms with E-state index in [1.54, 1.807) is 42.6 Å². The molecule has 0 aliphatic carbocycles. The van der Waals surface area contributed by atoms with Gasteiger partial charge in [-0.15, -0.1) is 24.8 Å². The number of hydrogen-bond donors (Lipinski definition) is 4. The fraction of sp³-hybridized carbons (Fsp3) is 0.379. The number of nitrogens with one attached hydrogen (secondary N) is 3. The number of nitrogen functional groups attached to an aromatic ring is 1. The number of carbonyl (C=O) groups is 2. The Labute approximate surface area is 269 Å². The second-order valence-corrected chi connectivity index (χ2v) is 12.8. The van der Waals surface area contributed by atoms with Crippen LogP contribution in [0.15, 0.2) is 54.7 Å². The summed E-state index contributed by atoms with van der Waals surface area (Å²) in [6.07, 6.45) is 4.62. The van der Waals surface area contributed by atoms with Crippen molar-refractivity contribution in [2.45, 2.75) is 25.3 Å². The minimum atomic E-state index is -3.23. The molecule has 2 saturated heterocycles. The maximum Gasteiger partial charge on any atom is 0.411 e. The summed E-state index contributed by atoms with van der Waals surface area (Å²) in [5.74, 6) is 0.946. The number of nitrogens with zero attached hydrogens (tertiary/aromatic N) is 3. The largest absolute Gasteiger partial charge is 0.453 e. The SMILES string of the molecule is COC(=O)Nc1ccc(-c2cnc([C@@H]3C[C@H](C4CCN(S(C)(=O)=O)CC4)CN3C(=O)c3ccc(C(=N)N)cc3)[nH]2)cc1.Cl.Cl. The molecule has 2 aliphatic rings. The van der Waals surface area contributed by atoms with Gasteiger partial charge in [0.1, 0.15) is 11.7 Å². The van der Waals surface area contributed by atoms with Gasteiger partial charge in [-0.1, -0.05) is 24.3 Å². The highest BCUT2D eigenvalue weighted by molar-refractivity contribution is 7.88. The first-order valence-electron chi connectivity index (χ1n) is 13.7. The predicted octanol–water partition coefficient (Wildman–Crippen LogP) is 4.26. The molecule has 15 heteroatoms. The number of ether oxygens (including phenoxy) is 1. The Kier molecular flexibility index (Phi) is 11.4. The number of rotatable bonds is 7.